The molecule has 2 aliphatic rings. The fraction of sp³-hybridized carbons (Fsp3) is 0.192. The molecule has 0 aliphatic carbocycles. The molecular weight excluding hydrogens is 458 g/mol. The van der Waals surface area contributed by atoms with Gasteiger partial charge in [0.1, 0.15) is 17.1 Å². The van der Waals surface area contributed by atoms with Gasteiger partial charge in [0, 0.05) is 43.6 Å². The van der Waals surface area contributed by atoms with Crippen molar-refractivity contribution >= 4 is 40.4 Å². The summed E-state index contributed by atoms with van der Waals surface area (Å²) < 4.78 is 20.9. The highest BCUT2D eigenvalue weighted by molar-refractivity contribution is 7.83. The zero-order valence-electron chi connectivity index (χ0n) is 19.1. The van der Waals surface area contributed by atoms with Crippen LogP contribution in [0.3, 0.4) is 0 Å². The van der Waals surface area contributed by atoms with E-state index >= 15 is 0 Å². The van der Waals surface area contributed by atoms with Crippen LogP contribution in [0.2, 0.25) is 0 Å². The molecule has 0 saturated carbocycles. The van der Waals surface area contributed by atoms with Crippen molar-refractivity contribution in [3.63, 3.8) is 0 Å². The van der Waals surface area contributed by atoms with Crippen LogP contribution in [0, 0.1) is 0 Å². The zero-order valence-corrected chi connectivity index (χ0v) is 19.9. The molecule has 0 spiro atoms. The lowest BCUT2D eigenvalue weighted by atomic mass is 9.88. The summed E-state index contributed by atoms with van der Waals surface area (Å²) in [4.78, 5) is 15.6. The highest BCUT2D eigenvalue weighted by atomic mass is 32.2. The van der Waals surface area contributed by atoms with E-state index in [1.165, 1.54) is 0 Å². The van der Waals surface area contributed by atoms with Gasteiger partial charge in [-0.15, -0.1) is 4.40 Å². The van der Waals surface area contributed by atoms with Gasteiger partial charge in [0.25, 0.3) is 11.2 Å². The van der Waals surface area contributed by atoms with E-state index in [0.717, 1.165) is 30.0 Å². The first kappa shape index (κ1) is 22.8. The molecule has 5 rings (SSSR count). The monoisotopic (exact) mass is 483 g/mol. The molecule has 2 unspecified atom stereocenters. The predicted octanol–water partition coefficient (Wildman–Crippen LogP) is 4.00. The van der Waals surface area contributed by atoms with Gasteiger partial charge in [-0.2, -0.15) is 4.40 Å². The molecule has 9 heteroatoms. The number of benzene rings is 1. The molecule has 2 aromatic heterocycles. The molecule has 2 aliphatic heterocycles. The Morgan fingerprint density at radius 3 is 2.51 bits per heavy atom. The van der Waals surface area contributed by atoms with Crippen molar-refractivity contribution in [3.8, 4) is 0 Å². The summed E-state index contributed by atoms with van der Waals surface area (Å²) in [6.45, 7) is 1.27. The first-order chi connectivity index (χ1) is 17.2. The molecule has 176 valence electrons. The van der Waals surface area contributed by atoms with E-state index in [1.54, 1.807) is 24.8 Å². The number of pyridine rings is 2. The van der Waals surface area contributed by atoms with Gasteiger partial charge in [0.2, 0.25) is 0 Å². The van der Waals surface area contributed by atoms with Crippen molar-refractivity contribution in [3.05, 3.63) is 97.0 Å². The minimum atomic E-state index is -1.66. The molecule has 2 atom stereocenters. The van der Waals surface area contributed by atoms with Gasteiger partial charge in [-0.3, -0.25) is 9.98 Å². The number of nitrogens with one attached hydrogen (secondary N) is 1. The lowest BCUT2D eigenvalue weighted by Crippen LogP contribution is -2.43. The van der Waals surface area contributed by atoms with Crippen molar-refractivity contribution in [1.82, 2.24) is 15.3 Å². The van der Waals surface area contributed by atoms with Gasteiger partial charge in [0.05, 0.1) is 0 Å². The number of aliphatic imine (C=N–C) groups is 1. The van der Waals surface area contributed by atoms with Crippen LogP contribution >= 0.6 is 0 Å². The standard InChI is InChI=1S/C26H25N7OS/c34-35-31-24(25(32-35)29-20-21-11-17-27-18-12-21)26(13-6-16-30-26)14-7-19-33(22-8-2-1-3-9-22)23-10-4-5-15-28-23/h1-6,8-13,15-18H,7,14,19-20H2,(H,29,32). The van der Waals surface area contributed by atoms with Crippen molar-refractivity contribution in [2.75, 3.05) is 11.4 Å². The molecule has 0 amide bonds. The maximum atomic E-state index is 12.3. The Labute approximate surface area is 207 Å². The van der Waals surface area contributed by atoms with Crippen LogP contribution in [-0.2, 0) is 17.7 Å². The van der Waals surface area contributed by atoms with Crippen molar-refractivity contribution < 1.29 is 4.21 Å². The van der Waals surface area contributed by atoms with Crippen LogP contribution in [0.25, 0.3) is 0 Å². The molecule has 4 heterocycles. The van der Waals surface area contributed by atoms with E-state index in [0.29, 0.717) is 24.5 Å². The Kier molecular flexibility index (Phi) is 6.85. The molecule has 0 fully saturated rings. The predicted molar refractivity (Wildman–Crippen MR) is 141 cm³/mol. The number of nitrogens with zero attached hydrogens (tertiary/aromatic N) is 6. The molecule has 8 nitrogen and oxygen atoms in total. The van der Waals surface area contributed by atoms with E-state index in [1.807, 2.05) is 60.7 Å². The smallest absolute Gasteiger partial charge is 0.268 e. The van der Waals surface area contributed by atoms with Gasteiger partial charge < -0.3 is 10.2 Å². The largest absolute Gasteiger partial charge is 0.364 e. The average Bonchev–Trinajstić information content (AvgIpc) is 3.54. The summed E-state index contributed by atoms with van der Waals surface area (Å²) >= 11 is -1.66. The third-order valence-electron chi connectivity index (χ3n) is 5.88. The van der Waals surface area contributed by atoms with Gasteiger partial charge in [-0.25, -0.2) is 9.19 Å². The quantitative estimate of drug-likeness (QED) is 0.496. The molecule has 1 N–H and O–H groups in total. The van der Waals surface area contributed by atoms with Gasteiger partial charge in [-0.05, 0) is 67.0 Å². The summed E-state index contributed by atoms with van der Waals surface area (Å²) in [7, 11) is 0. The number of rotatable bonds is 9. The second kappa shape index (κ2) is 10.5. The van der Waals surface area contributed by atoms with Crippen LogP contribution < -0.4 is 10.2 Å². The summed E-state index contributed by atoms with van der Waals surface area (Å²) in [6.07, 6.45) is 12.5. The summed E-state index contributed by atoms with van der Waals surface area (Å²) in [6, 6.07) is 20.0. The highest BCUT2D eigenvalue weighted by Crippen LogP contribution is 2.30. The number of allylic oxidation sites excluding steroid dienone is 1. The number of anilines is 2. The van der Waals surface area contributed by atoms with Gasteiger partial charge in [0.15, 0.2) is 5.84 Å². The number of amidine groups is 1. The van der Waals surface area contributed by atoms with E-state index in [-0.39, 0.29) is 0 Å². The molecule has 0 bridgehead atoms. The minimum Gasteiger partial charge on any atom is -0.364 e. The topological polar surface area (TPSA) is 95.2 Å². The van der Waals surface area contributed by atoms with Crippen LogP contribution in [0.15, 0.2) is 105 Å². The van der Waals surface area contributed by atoms with Crippen LogP contribution in [0.4, 0.5) is 11.5 Å². The van der Waals surface area contributed by atoms with Crippen LogP contribution in [-0.4, -0.2) is 44.0 Å². The fourth-order valence-electron chi connectivity index (χ4n) is 4.18. The minimum absolute atomic E-state index is 0.522. The first-order valence-electron chi connectivity index (χ1n) is 11.4. The number of hydrogen-bond acceptors (Lipinski definition) is 6. The molecule has 0 saturated heterocycles. The van der Waals surface area contributed by atoms with Crippen molar-refractivity contribution in [2.24, 2.45) is 13.8 Å². The Morgan fingerprint density at radius 2 is 1.77 bits per heavy atom. The third-order valence-corrected chi connectivity index (χ3v) is 6.56. The Balaban J connectivity index is 1.32. The number of hydrogen-bond donors (Lipinski definition) is 1. The molecule has 3 aromatic rings. The van der Waals surface area contributed by atoms with Gasteiger partial charge in [-0.1, -0.05) is 24.3 Å². The lowest BCUT2D eigenvalue weighted by Gasteiger charge is -2.28. The van der Waals surface area contributed by atoms with Crippen molar-refractivity contribution in [1.29, 1.82) is 0 Å². The molecular formula is C26H25N7OS. The van der Waals surface area contributed by atoms with E-state index in [9.17, 15) is 4.21 Å². The molecule has 0 radical (unpaired) electrons. The SMILES string of the molecule is O=S1N=C(NCc2ccncc2)C(C2(CCCN(c3ccccc3)c3ccccn3)C=CC=N2)=N1. The fourth-order valence-corrected chi connectivity index (χ4v) is 4.93. The van der Waals surface area contributed by atoms with E-state index in [2.05, 4.69) is 41.1 Å². The normalized spacial score (nSPS) is 20.5. The maximum Gasteiger partial charge on any atom is 0.268 e. The number of para-hydroxylation sites is 1. The summed E-state index contributed by atoms with van der Waals surface area (Å²) in [5.41, 5.74) is 2.03. The van der Waals surface area contributed by atoms with E-state index in [4.69, 9.17) is 4.99 Å². The van der Waals surface area contributed by atoms with Crippen LogP contribution in [0.5, 0.6) is 0 Å². The zero-order chi connectivity index (χ0) is 23.9. The van der Waals surface area contributed by atoms with Crippen molar-refractivity contribution in [2.45, 2.75) is 24.9 Å². The summed E-state index contributed by atoms with van der Waals surface area (Å²) in [5, 5.41) is 3.30. The molecule has 1 aromatic carbocycles. The first-order valence-corrected chi connectivity index (χ1v) is 12.5. The van der Waals surface area contributed by atoms with Gasteiger partial charge >= 0.3 is 0 Å². The maximum absolute atomic E-state index is 12.3. The van der Waals surface area contributed by atoms with Crippen LogP contribution in [0.1, 0.15) is 18.4 Å². The Hall–Kier alpha value is -3.98. The average molecular weight is 484 g/mol. The molecule has 35 heavy (non-hydrogen) atoms. The number of aromatic nitrogens is 2. The second-order valence-corrected chi connectivity index (χ2v) is 8.99. The Morgan fingerprint density at radius 1 is 0.943 bits per heavy atom. The second-order valence-electron chi connectivity index (χ2n) is 8.16. The third kappa shape index (κ3) is 5.25. The van der Waals surface area contributed by atoms with E-state index < -0.39 is 16.7 Å². The summed E-state index contributed by atoms with van der Waals surface area (Å²) in [5.74, 6) is 1.41. The highest BCUT2D eigenvalue weighted by Gasteiger charge is 2.40. The Bertz CT molecular complexity index is 1240. The lowest BCUT2D eigenvalue weighted by molar-refractivity contribution is 0.605.